The number of anilines is 1. The van der Waals surface area contributed by atoms with E-state index >= 15 is 0 Å². The minimum atomic E-state index is -0.442. The average Bonchev–Trinajstić information content (AvgIpc) is 2.37. The molecular weight excluding hydrogens is 233 g/mol. The van der Waals surface area contributed by atoms with Gasteiger partial charge in [-0.2, -0.15) is 0 Å². The van der Waals surface area contributed by atoms with Crippen LogP contribution >= 0.6 is 0 Å². The standard InChI is InChI=1S/C13H18FN3O/c1-2-12(17-5-3-16-4-6-17)10-7-9(14)8-11(15)13(10)18/h2,7-8,12,16,18H,1,3-6,15H2/t12-/m1/s1. The first-order chi connectivity index (χ1) is 8.63. The number of nitrogens with two attached hydrogens (primary N) is 1. The molecule has 0 aromatic heterocycles. The molecule has 0 saturated carbocycles. The Hall–Kier alpha value is -1.59. The van der Waals surface area contributed by atoms with Gasteiger partial charge >= 0.3 is 0 Å². The van der Waals surface area contributed by atoms with E-state index in [1.807, 2.05) is 0 Å². The largest absolute Gasteiger partial charge is 0.505 e. The maximum Gasteiger partial charge on any atom is 0.143 e. The third-order valence-electron chi connectivity index (χ3n) is 3.22. The minimum absolute atomic E-state index is 0.0557. The molecule has 1 aromatic rings. The highest BCUT2D eigenvalue weighted by molar-refractivity contribution is 5.57. The normalized spacial score (nSPS) is 18.5. The van der Waals surface area contributed by atoms with Gasteiger partial charge in [0.05, 0.1) is 11.7 Å². The van der Waals surface area contributed by atoms with Gasteiger partial charge in [-0.1, -0.05) is 6.08 Å². The SMILES string of the molecule is C=C[C@H](c1cc(F)cc(N)c1O)N1CCNCC1. The zero-order chi connectivity index (χ0) is 13.1. The Balaban J connectivity index is 2.34. The smallest absolute Gasteiger partial charge is 0.143 e. The first-order valence-electron chi connectivity index (χ1n) is 5.98. The molecule has 1 fully saturated rings. The third-order valence-corrected chi connectivity index (χ3v) is 3.22. The number of rotatable bonds is 3. The molecule has 1 aromatic carbocycles. The van der Waals surface area contributed by atoms with Gasteiger partial charge in [0.15, 0.2) is 0 Å². The summed E-state index contributed by atoms with van der Waals surface area (Å²) in [7, 11) is 0. The molecule has 0 aliphatic carbocycles. The Morgan fingerprint density at radius 2 is 2.11 bits per heavy atom. The fraction of sp³-hybridized carbons (Fsp3) is 0.385. The summed E-state index contributed by atoms with van der Waals surface area (Å²) in [6.07, 6.45) is 1.71. The maximum atomic E-state index is 13.4. The van der Waals surface area contributed by atoms with Gasteiger partial charge in [-0.15, -0.1) is 6.58 Å². The number of nitrogens with zero attached hydrogens (tertiary/aromatic N) is 1. The van der Waals surface area contributed by atoms with Crippen LogP contribution in [0.15, 0.2) is 24.8 Å². The number of aromatic hydroxyl groups is 1. The number of phenolic OH excluding ortho intramolecular Hbond substituents is 1. The van der Waals surface area contributed by atoms with Gasteiger partial charge in [0, 0.05) is 37.8 Å². The summed E-state index contributed by atoms with van der Waals surface area (Å²) in [6.45, 7) is 7.17. The van der Waals surface area contributed by atoms with E-state index in [4.69, 9.17) is 5.73 Å². The molecule has 0 unspecified atom stereocenters. The highest BCUT2D eigenvalue weighted by Gasteiger charge is 2.23. The van der Waals surface area contributed by atoms with Gasteiger partial charge in [0.1, 0.15) is 11.6 Å². The second kappa shape index (κ2) is 5.37. The lowest BCUT2D eigenvalue weighted by molar-refractivity contribution is 0.200. The highest BCUT2D eigenvalue weighted by Crippen LogP contribution is 2.34. The van der Waals surface area contributed by atoms with E-state index in [9.17, 15) is 9.50 Å². The van der Waals surface area contributed by atoms with Crippen molar-refractivity contribution in [1.82, 2.24) is 10.2 Å². The van der Waals surface area contributed by atoms with E-state index < -0.39 is 5.82 Å². The van der Waals surface area contributed by atoms with Gasteiger partial charge in [-0.3, -0.25) is 4.90 Å². The van der Waals surface area contributed by atoms with Crippen LogP contribution in [0.4, 0.5) is 10.1 Å². The Bertz CT molecular complexity index is 444. The molecule has 0 radical (unpaired) electrons. The Morgan fingerprint density at radius 3 is 2.72 bits per heavy atom. The van der Waals surface area contributed by atoms with E-state index in [0.717, 1.165) is 32.2 Å². The predicted molar refractivity (Wildman–Crippen MR) is 69.9 cm³/mol. The summed E-state index contributed by atoms with van der Waals surface area (Å²) in [5, 5.41) is 13.2. The van der Waals surface area contributed by atoms with Crippen LogP contribution in [0.1, 0.15) is 11.6 Å². The number of nitrogens with one attached hydrogen (secondary N) is 1. The van der Waals surface area contributed by atoms with E-state index in [2.05, 4.69) is 16.8 Å². The molecule has 4 nitrogen and oxygen atoms in total. The molecule has 0 spiro atoms. The van der Waals surface area contributed by atoms with Crippen molar-refractivity contribution in [3.8, 4) is 5.75 Å². The summed E-state index contributed by atoms with van der Waals surface area (Å²) in [5.41, 5.74) is 6.13. The zero-order valence-corrected chi connectivity index (χ0v) is 10.2. The van der Waals surface area contributed by atoms with Crippen molar-refractivity contribution in [2.45, 2.75) is 6.04 Å². The molecule has 1 heterocycles. The van der Waals surface area contributed by atoms with E-state index in [0.29, 0.717) is 5.56 Å². The molecule has 0 bridgehead atoms. The number of phenols is 1. The average molecular weight is 251 g/mol. The number of benzene rings is 1. The molecule has 1 saturated heterocycles. The van der Waals surface area contributed by atoms with Gasteiger partial charge in [-0.25, -0.2) is 4.39 Å². The zero-order valence-electron chi connectivity index (χ0n) is 10.2. The third kappa shape index (κ3) is 2.47. The fourth-order valence-corrected chi connectivity index (χ4v) is 2.30. The lowest BCUT2D eigenvalue weighted by atomic mass is 10.0. The first-order valence-corrected chi connectivity index (χ1v) is 5.98. The van der Waals surface area contributed by atoms with E-state index in [1.54, 1.807) is 6.08 Å². The summed E-state index contributed by atoms with van der Waals surface area (Å²) < 4.78 is 13.4. The molecule has 1 atom stereocenters. The number of halogens is 1. The van der Waals surface area contributed by atoms with E-state index in [-0.39, 0.29) is 17.5 Å². The van der Waals surface area contributed by atoms with Crippen molar-refractivity contribution < 1.29 is 9.50 Å². The Labute approximate surface area is 106 Å². The molecule has 4 N–H and O–H groups in total. The van der Waals surface area contributed by atoms with Crippen LogP contribution in [0.3, 0.4) is 0 Å². The summed E-state index contributed by atoms with van der Waals surface area (Å²) >= 11 is 0. The quantitative estimate of drug-likeness (QED) is 0.430. The topological polar surface area (TPSA) is 61.5 Å². The van der Waals surface area contributed by atoms with Gasteiger partial charge in [0.25, 0.3) is 0 Å². The first kappa shape index (κ1) is 12.9. The van der Waals surface area contributed by atoms with Crippen LogP contribution in [0.5, 0.6) is 5.75 Å². The second-order valence-corrected chi connectivity index (χ2v) is 4.40. The monoisotopic (exact) mass is 251 g/mol. The van der Waals surface area contributed by atoms with Crippen LogP contribution in [0.25, 0.3) is 0 Å². The Kier molecular flexibility index (Phi) is 3.84. The minimum Gasteiger partial charge on any atom is -0.505 e. The number of nitrogen functional groups attached to an aromatic ring is 1. The molecular formula is C13H18FN3O. The number of piperazine rings is 1. The molecule has 2 rings (SSSR count). The van der Waals surface area contributed by atoms with Crippen molar-refractivity contribution in [3.05, 3.63) is 36.2 Å². The number of hydrogen-bond donors (Lipinski definition) is 3. The lowest BCUT2D eigenvalue weighted by Gasteiger charge is -2.33. The van der Waals surface area contributed by atoms with Crippen LogP contribution in [-0.4, -0.2) is 36.2 Å². The second-order valence-electron chi connectivity index (χ2n) is 4.40. The maximum absolute atomic E-state index is 13.4. The predicted octanol–water partition coefficient (Wildman–Crippen LogP) is 1.25. The van der Waals surface area contributed by atoms with Crippen molar-refractivity contribution >= 4 is 5.69 Å². The Morgan fingerprint density at radius 1 is 1.44 bits per heavy atom. The fourth-order valence-electron chi connectivity index (χ4n) is 2.30. The highest BCUT2D eigenvalue weighted by atomic mass is 19.1. The van der Waals surface area contributed by atoms with Crippen LogP contribution in [0, 0.1) is 5.82 Å². The van der Waals surface area contributed by atoms with Crippen LogP contribution < -0.4 is 11.1 Å². The van der Waals surface area contributed by atoms with Gasteiger partial charge in [0.2, 0.25) is 0 Å². The molecule has 1 aliphatic heterocycles. The number of hydrogen-bond acceptors (Lipinski definition) is 4. The van der Waals surface area contributed by atoms with Crippen LogP contribution in [-0.2, 0) is 0 Å². The van der Waals surface area contributed by atoms with E-state index in [1.165, 1.54) is 6.07 Å². The van der Waals surface area contributed by atoms with Gasteiger partial charge in [-0.05, 0) is 6.07 Å². The molecule has 1 aliphatic rings. The van der Waals surface area contributed by atoms with Crippen molar-refractivity contribution in [3.63, 3.8) is 0 Å². The summed E-state index contributed by atoms with van der Waals surface area (Å²) in [4.78, 5) is 2.14. The van der Waals surface area contributed by atoms with Crippen molar-refractivity contribution in [2.24, 2.45) is 0 Å². The molecule has 5 heteroatoms. The van der Waals surface area contributed by atoms with Gasteiger partial charge < -0.3 is 16.2 Å². The molecule has 0 amide bonds. The van der Waals surface area contributed by atoms with Crippen molar-refractivity contribution in [1.29, 1.82) is 0 Å². The van der Waals surface area contributed by atoms with Crippen molar-refractivity contribution in [2.75, 3.05) is 31.9 Å². The molecule has 18 heavy (non-hydrogen) atoms. The van der Waals surface area contributed by atoms with Crippen LogP contribution in [0.2, 0.25) is 0 Å². The lowest BCUT2D eigenvalue weighted by Crippen LogP contribution is -2.44. The summed E-state index contributed by atoms with van der Waals surface area (Å²) in [5.74, 6) is -0.498. The molecule has 98 valence electrons. The summed E-state index contributed by atoms with van der Waals surface area (Å²) in [6, 6.07) is 2.22.